The van der Waals surface area contributed by atoms with E-state index in [-0.39, 0.29) is 4.90 Å². The third-order valence-corrected chi connectivity index (χ3v) is 10.4. The molecule has 218 valence electrons. The molecule has 0 atom stereocenters. The summed E-state index contributed by atoms with van der Waals surface area (Å²) in [5, 5.41) is 2.03. The van der Waals surface area contributed by atoms with E-state index in [4.69, 9.17) is 19.4 Å². The van der Waals surface area contributed by atoms with Gasteiger partial charge in [-0.1, -0.05) is 109 Å². The van der Waals surface area contributed by atoms with Gasteiger partial charge in [-0.25, -0.2) is 23.4 Å². The van der Waals surface area contributed by atoms with Crippen molar-refractivity contribution in [3.8, 4) is 56.4 Å². The molecule has 0 amide bonds. The van der Waals surface area contributed by atoms with Crippen LogP contribution in [0.25, 0.3) is 78.4 Å². The van der Waals surface area contributed by atoms with Gasteiger partial charge >= 0.3 is 0 Å². The van der Waals surface area contributed by atoms with Gasteiger partial charge in [0.15, 0.2) is 17.5 Å². The summed E-state index contributed by atoms with van der Waals surface area (Å²) in [4.78, 5) is 14.9. The Morgan fingerprint density at radius 1 is 0.435 bits per heavy atom. The highest BCUT2D eigenvalue weighted by molar-refractivity contribution is 7.92. The van der Waals surface area contributed by atoms with E-state index in [1.165, 1.54) is 0 Å². The first-order valence-corrected chi connectivity index (χ1v) is 16.3. The smallest absolute Gasteiger partial charge is 0.207 e. The van der Waals surface area contributed by atoms with Crippen molar-refractivity contribution in [1.82, 2.24) is 15.0 Å². The Labute approximate surface area is 264 Å². The van der Waals surface area contributed by atoms with Crippen molar-refractivity contribution in [3.05, 3.63) is 140 Å². The molecule has 6 nitrogen and oxygen atoms in total. The number of rotatable bonds is 4. The largest absolute Gasteiger partial charge is 0.456 e. The Balaban J connectivity index is 1.19. The zero-order valence-electron chi connectivity index (χ0n) is 24.3. The minimum atomic E-state index is -3.77. The van der Waals surface area contributed by atoms with Crippen LogP contribution in [-0.2, 0) is 9.84 Å². The molecule has 6 aromatic carbocycles. The molecule has 8 aromatic rings. The van der Waals surface area contributed by atoms with Crippen molar-refractivity contribution < 1.29 is 12.8 Å². The van der Waals surface area contributed by atoms with Crippen molar-refractivity contribution in [2.75, 3.05) is 0 Å². The number of benzene rings is 6. The maximum absolute atomic E-state index is 14.0. The maximum Gasteiger partial charge on any atom is 0.207 e. The van der Waals surface area contributed by atoms with E-state index in [9.17, 15) is 8.42 Å². The molecule has 9 rings (SSSR count). The van der Waals surface area contributed by atoms with Crippen LogP contribution in [-0.4, -0.2) is 23.4 Å². The lowest BCUT2D eigenvalue weighted by Crippen LogP contribution is -2.01. The van der Waals surface area contributed by atoms with Gasteiger partial charge in [-0.15, -0.1) is 0 Å². The molecule has 0 aliphatic carbocycles. The van der Waals surface area contributed by atoms with Gasteiger partial charge < -0.3 is 4.42 Å². The van der Waals surface area contributed by atoms with Gasteiger partial charge in [-0.05, 0) is 41.5 Å². The molecular formula is C39H23N3O3S. The van der Waals surface area contributed by atoms with Crippen LogP contribution in [0.3, 0.4) is 0 Å². The van der Waals surface area contributed by atoms with E-state index in [0.717, 1.165) is 44.2 Å². The summed E-state index contributed by atoms with van der Waals surface area (Å²) in [6.45, 7) is 0. The van der Waals surface area contributed by atoms with Gasteiger partial charge in [-0.2, -0.15) is 0 Å². The number of hydrogen-bond acceptors (Lipinski definition) is 6. The number of furan rings is 1. The quantitative estimate of drug-likeness (QED) is 0.197. The first-order chi connectivity index (χ1) is 22.5. The second-order valence-electron chi connectivity index (χ2n) is 11.2. The van der Waals surface area contributed by atoms with Gasteiger partial charge in [0.25, 0.3) is 0 Å². The topological polar surface area (TPSA) is 86.0 Å². The number of hydrogen-bond donors (Lipinski definition) is 0. The fraction of sp³-hybridized carbons (Fsp3) is 0. The van der Waals surface area contributed by atoms with Crippen molar-refractivity contribution >= 4 is 31.8 Å². The molecule has 46 heavy (non-hydrogen) atoms. The fourth-order valence-electron chi connectivity index (χ4n) is 6.32. The third-order valence-electron chi connectivity index (χ3n) is 8.50. The molecule has 0 saturated carbocycles. The summed E-state index contributed by atoms with van der Waals surface area (Å²) in [6, 6.07) is 44.3. The molecule has 0 spiro atoms. The molecule has 3 heterocycles. The monoisotopic (exact) mass is 613 g/mol. The lowest BCUT2D eigenvalue weighted by molar-refractivity contribution is 0.598. The van der Waals surface area contributed by atoms with Crippen LogP contribution in [0, 0.1) is 0 Å². The first-order valence-electron chi connectivity index (χ1n) is 14.9. The van der Waals surface area contributed by atoms with Gasteiger partial charge in [-0.3, -0.25) is 0 Å². The Morgan fingerprint density at radius 3 is 1.76 bits per heavy atom. The van der Waals surface area contributed by atoms with Crippen molar-refractivity contribution in [2.45, 2.75) is 9.79 Å². The van der Waals surface area contributed by atoms with E-state index in [2.05, 4.69) is 6.07 Å². The number of aromatic nitrogens is 3. The highest BCUT2D eigenvalue weighted by Gasteiger charge is 2.34. The highest BCUT2D eigenvalue weighted by atomic mass is 32.2. The van der Waals surface area contributed by atoms with E-state index >= 15 is 0 Å². The van der Waals surface area contributed by atoms with Crippen LogP contribution in [0.5, 0.6) is 0 Å². The Kier molecular flexibility index (Phi) is 5.79. The van der Waals surface area contributed by atoms with Gasteiger partial charge in [0.2, 0.25) is 9.84 Å². The molecule has 0 fully saturated rings. The standard InChI is InChI=1S/C39H23N3O3S/c43-46(44)34-21-19-26(28-15-9-17-33-36(28)30-14-7-8-16-32(30)45-33)22-31(34)29-20-18-27(23-35(29)46)39-41-37(24-10-3-1-4-11-24)40-38(42-39)25-12-5-2-6-13-25/h1-23H. The molecule has 0 unspecified atom stereocenters. The molecule has 1 aliphatic rings. The van der Waals surface area contributed by atoms with Crippen LogP contribution in [0.15, 0.2) is 154 Å². The van der Waals surface area contributed by atoms with Crippen molar-refractivity contribution in [3.63, 3.8) is 0 Å². The van der Waals surface area contributed by atoms with Crippen LogP contribution >= 0.6 is 0 Å². The van der Waals surface area contributed by atoms with Crippen molar-refractivity contribution in [2.24, 2.45) is 0 Å². The molecule has 0 radical (unpaired) electrons. The van der Waals surface area contributed by atoms with Crippen LogP contribution in [0.2, 0.25) is 0 Å². The van der Waals surface area contributed by atoms with Gasteiger partial charge in [0.05, 0.1) is 9.79 Å². The minimum absolute atomic E-state index is 0.243. The number of fused-ring (bicyclic) bond motifs is 6. The molecule has 2 aromatic heterocycles. The zero-order valence-corrected chi connectivity index (χ0v) is 25.1. The van der Waals surface area contributed by atoms with E-state index in [1.54, 1.807) is 12.1 Å². The highest BCUT2D eigenvalue weighted by Crippen LogP contribution is 2.47. The summed E-state index contributed by atoms with van der Waals surface area (Å²) in [5.74, 6) is 1.43. The zero-order chi connectivity index (χ0) is 30.8. The third kappa shape index (κ3) is 4.09. The van der Waals surface area contributed by atoms with Crippen LogP contribution in [0.4, 0.5) is 0 Å². The van der Waals surface area contributed by atoms with E-state index in [1.807, 2.05) is 121 Å². The molecule has 0 N–H and O–H groups in total. The average molecular weight is 614 g/mol. The molecule has 7 heteroatoms. The van der Waals surface area contributed by atoms with E-state index in [0.29, 0.717) is 39.1 Å². The number of sulfone groups is 1. The summed E-state index contributed by atoms with van der Waals surface area (Å²) in [7, 11) is -3.77. The molecule has 1 aliphatic heterocycles. The lowest BCUT2D eigenvalue weighted by Gasteiger charge is -2.09. The Hall–Kier alpha value is -5.92. The summed E-state index contributed by atoms with van der Waals surface area (Å²) in [6.07, 6.45) is 0. The minimum Gasteiger partial charge on any atom is -0.456 e. The first kappa shape index (κ1) is 26.5. The Morgan fingerprint density at radius 2 is 1.04 bits per heavy atom. The lowest BCUT2D eigenvalue weighted by atomic mass is 9.95. The predicted molar refractivity (Wildman–Crippen MR) is 180 cm³/mol. The van der Waals surface area contributed by atoms with Gasteiger partial charge in [0.1, 0.15) is 11.2 Å². The number of para-hydroxylation sites is 1. The second kappa shape index (κ2) is 10.1. The SMILES string of the molecule is O=S1(=O)c2ccc(-c3cccc4oc5ccccc5c34)cc2-c2ccc(-c3nc(-c4ccccc4)nc(-c4ccccc4)n3)cc21. The van der Waals surface area contributed by atoms with Crippen LogP contribution < -0.4 is 0 Å². The number of nitrogens with zero attached hydrogens (tertiary/aromatic N) is 3. The Bertz CT molecular complexity index is 2540. The molecule has 0 saturated heterocycles. The predicted octanol–water partition coefficient (Wildman–Crippen LogP) is 9.25. The summed E-state index contributed by atoms with van der Waals surface area (Å²) < 4.78 is 34.0. The van der Waals surface area contributed by atoms with E-state index < -0.39 is 9.84 Å². The molecular weight excluding hydrogens is 591 g/mol. The fourth-order valence-corrected chi connectivity index (χ4v) is 8.01. The molecule has 0 bridgehead atoms. The second-order valence-corrected chi connectivity index (χ2v) is 13.1. The van der Waals surface area contributed by atoms with Crippen LogP contribution in [0.1, 0.15) is 0 Å². The maximum atomic E-state index is 14.0. The average Bonchev–Trinajstić information content (AvgIpc) is 3.60. The van der Waals surface area contributed by atoms with Gasteiger partial charge in [0, 0.05) is 38.6 Å². The normalized spacial score (nSPS) is 13.1. The summed E-state index contributed by atoms with van der Waals surface area (Å²) >= 11 is 0. The summed E-state index contributed by atoms with van der Waals surface area (Å²) in [5.41, 5.74) is 7.13. The van der Waals surface area contributed by atoms with Crippen molar-refractivity contribution in [1.29, 1.82) is 0 Å².